The van der Waals surface area contributed by atoms with E-state index in [2.05, 4.69) is 4.98 Å². The summed E-state index contributed by atoms with van der Waals surface area (Å²) in [4.78, 5) is 13.7. The topological polar surface area (TPSA) is 66.2 Å². The van der Waals surface area contributed by atoms with Gasteiger partial charge in [-0.25, -0.2) is 4.79 Å². The highest BCUT2D eigenvalue weighted by Crippen LogP contribution is 2.31. The van der Waals surface area contributed by atoms with E-state index in [1.165, 1.54) is 6.07 Å². The summed E-state index contributed by atoms with van der Waals surface area (Å²) in [6.45, 7) is 0. The molecule has 0 unspecified atom stereocenters. The predicted molar refractivity (Wildman–Crippen MR) is 60.0 cm³/mol. The fourth-order valence-electron chi connectivity index (χ4n) is 1.78. The summed E-state index contributed by atoms with van der Waals surface area (Å²) in [6.07, 6.45) is 0. The standard InChI is InChI=1S/C11H6ClNO3/c12-7-3-1-2-5-6-4-8(11(14)15)16-10(6)13-9(5)7/h1-4,13H,(H,14,15). The number of hydrogen-bond donors (Lipinski definition) is 2. The number of aromatic nitrogens is 1. The molecule has 2 N–H and O–H groups in total. The maximum Gasteiger partial charge on any atom is 0.371 e. The van der Waals surface area contributed by atoms with Crippen molar-refractivity contribution in [1.82, 2.24) is 4.98 Å². The van der Waals surface area contributed by atoms with Crippen LogP contribution in [0.5, 0.6) is 0 Å². The van der Waals surface area contributed by atoms with Crippen LogP contribution in [0, 0.1) is 0 Å². The molecule has 0 saturated carbocycles. The lowest BCUT2D eigenvalue weighted by Gasteiger charge is -1.92. The Morgan fingerprint density at radius 1 is 1.38 bits per heavy atom. The number of carbonyl (C=O) groups is 1. The lowest BCUT2D eigenvalue weighted by Crippen LogP contribution is -1.91. The van der Waals surface area contributed by atoms with Gasteiger partial charge in [0.05, 0.1) is 10.5 Å². The van der Waals surface area contributed by atoms with Gasteiger partial charge >= 0.3 is 5.97 Å². The van der Waals surface area contributed by atoms with E-state index in [0.29, 0.717) is 10.7 Å². The minimum atomic E-state index is -1.08. The SMILES string of the molecule is O=C(O)c1cc2c([nH]c3c(Cl)cccc32)o1. The first-order chi connectivity index (χ1) is 7.66. The van der Waals surface area contributed by atoms with Crippen molar-refractivity contribution in [2.75, 3.05) is 0 Å². The van der Waals surface area contributed by atoms with E-state index in [4.69, 9.17) is 21.1 Å². The van der Waals surface area contributed by atoms with E-state index in [-0.39, 0.29) is 5.76 Å². The van der Waals surface area contributed by atoms with Gasteiger partial charge in [0, 0.05) is 16.8 Å². The highest BCUT2D eigenvalue weighted by Gasteiger charge is 2.15. The number of para-hydroxylation sites is 1. The number of furan rings is 1. The third-order valence-electron chi connectivity index (χ3n) is 2.49. The average molecular weight is 236 g/mol. The van der Waals surface area contributed by atoms with Crippen molar-refractivity contribution < 1.29 is 14.3 Å². The smallest absolute Gasteiger partial charge is 0.371 e. The van der Waals surface area contributed by atoms with E-state index < -0.39 is 5.97 Å². The molecule has 16 heavy (non-hydrogen) atoms. The number of aromatic carboxylic acids is 1. The quantitative estimate of drug-likeness (QED) is 0.680. The molecule has 3 rings (SSSR count). The van der Waals surface area contributed by atoms with Crippen molar-refractivity contribution >= 4 is 39.6 Å². The van der Waals surface area contributed by atoms with Gasteiger partial charge in [0.15, 0.2) is 0 Å². The molecule has 1 aromatic carbocycles. The fraction of sp³-hybridized carbons (Fsp3) is 0. The van der Waals surface area contributed by atoms with Crippen LogP contribution in [-0.2, 0) is 0 Å². The van der Waals surface area contributed by atoms with Crippen LogP contribution < -0.4 is 0 Å². The highest BCUT2D eigenvalue weighted by atomic mass is 35.5. The Hall–Kier alpha value is -1.94. The number of carboxylic acid groups (broad SMARTS) is 1. The van der Waals surface area contributed by atoms with Crippen molar-refractivity contribution in [3.05, 3.63) is 35.0 Å². The third-order valence-corrected chi connectivity index (χ3v) is 2.80. The molecule has 0 bridgehead atoms. The molecule has 0 amide bonds. The zero-order valence-corrected chi connectivity index (χ0v) is 8.71. The number of hydrogen-bond acceptors (Lipinski definition) is 2. The first-order valence-corrected chi connectivity index (χ1v) is 4.97. The van der Waals surface area contributed by atoms with Crippen molar-refractivity contribution in [3.8, 4) is 0 Å². The zero-order chi connectivity index (χ0) is 11.3. The summed E-state index contributed by atoms with van der Waals surface area (Å²) in [5, 5.41) is 11.0. The normalized spacial score (nSPS) is 11.3. The number of aromatic amines is 1. The molecule has 0 aliphatic rings. The Morgan fingerprint density at radius 2 is 2.19 bits per heavy atom. The summed E-state index contributed by atoms with van der Waals surface area (Å²) in [5.41, 5.74) is 1.19. The molecule has 0 radical (unpaired) electrons. The van der Waals surface area contributed by atoms with E-state index in [0.717, 1.165) is 16.3 Å². The number of rotatable bonds is 1. The van der Waals surface area contributed by atoms with Gasteiger partial charge in [0.2, 0.25) is 11.5 Å². The summed E-state index contributed by atoms with van der Waals surface area (Å²) in [6, 6.07) is 6.93. The van der Waals surface area contributed by atoms with Gasteiger partial charge in [0.1, 0.15) is 0 Å². The largest absolute Gasteiger partial charge is 0.475 e. The molecule has 3 aromatic rings. The maximum atomic E-state index is 10.7. The Balaban J connectivity index is 2.43. The average Bonchev–Trinajstić information content (AvgIpc) is 2.76. The molecule has 2 aromatic heterocycles. The summed E-state index contributed by atoms with van der Waals surface area (Å²) < 4.78 is 5.16. The number of fused-ring (bicyclic) bond motifs is 3. The summed E-state index contributed by atoms with van der Waals surface area (Å²) >= 11 is 6.00. The Morgan fingerprint density at radius 3 is 2.94 bits per heavy atom. The molecule has 0 atom stereocenters. The van der Waals surface area contributed by atoms with Crippen LogP contribution in [0.15, 0.2) is 28.7 Å². The van der Waals surface area contributed by atoms with Crippen LogP contribution in [0.3, 0.4) is 0 Å². The first-order valence-electron chi connectivity index (χ1n) is 4.60. The number of benzene rings is 1. The number of carboxylic acids is 1. The molecular formula is C11H6ClNO3. The third kappa shape index (κ3) is 1.13. The van der Waals surface area contributed by atoms with Crippen LogP contribution in [0.25, 0.3) is 22.0 Å². The second-order valence-corrected chi connectivity index (χ2v) is 3.85. The molecule has 0 saturated heterocycles. The van der Waals surface area contributed by atoms with Crippen LogP contribution in [0.2, 0.25) is 5.02 Å². The monoisotopic (exact) mass is 235 g/mol. The minimum Gasteiger partial charge on any atom is -0.475 e. The van der Waals surface area contributed by atoms with Crippen LogP contribution in [-0.4, -0.2) is 16.1 Å². The minimum absolute atomic E-state index is 0.0804. The maximum absolute atomic E-state index is 10.7. The molecule has 2 heterocycles. The predicted octanol–water partition coefficient (Wildman–Crippen LogP) is 3.27. The van der Waals surface area contributed by atoms with Gasteiger partial charge in [-0.1, -0.05) is 23.7 Å². The fourth-order valence-corrected chi connectivity index (χ4v) is 2.00. The van der Waals surface area contributed by atoms with E-state index in [1.54, 1.807) is 6.07 Å². The molecular weight excluding hydrogens is 230 g/mol. The van der Waals surface area contributed by atoms with E-state index >= 15 is 0 Å². The molecule has 80 valence electrons. The van der Waals surface area contributed by atoms with E-state index in [1.807, 2.05) is 12.1 Å². The van der Waals surface area contributed by atoms with Gasteiger partial charge in [-0.3, -0.25) is 0 Å². The summed E-state index contributed by atoms with van der Waals surface area (Å²) in [5.74, 6) is -1.16. The van der Waals surface area contributed by atoms with E-state index in [9.17, 15) is 4.79 Å². The molecule has 5 heteroatoms. The Bertz CT molecular complexity index is 710. The van der Waals surface area contributed by atoms with Crippen molar-refractivity contribution in [2.24, 2.45) is 0 Å². The molecule has 0 aliphatic carbocycles. The lowest BCUT2D eigenvalue weighted by atomic mass is 10.2. The van der Waals surface area contributed by atoms with Crippen molar-refractivity contribution in [1.29, 1.82) is 0 Å². The molecule has 0 aliphatic heterocycles. The van der Waals surface area contributed by atoms with Gasteiger partial charge in [-0.15, -0.1) is 0 Å². The number of nitrogens with one attached hydrogen (secondary N) is 1. The van der Waals surface area contributed by atoms with Gasteiger partial charge < -0.3 is 14.5 Å². The molecule has 0 spiro atoms. The highest BCUT2D eigenvalue weighted by molar-refractivity contribution is 6.36. The molecule has 0 fully saturated rings. The van der Waals surface area contributed by atoms with Crippen LogP contribution in [0.4, 0.5) is 0 Å². The van der Waals surface area contributed by atoms with Crippen molar-refractivity contribution in [3.63, 3.8) is 0 Å². The first kappa shape index (κ1) is 9.30. The molecule has 4 nitrogen and oxygen atoms in total. The second-order valence-electron chi connectivity index (χ2n) is 3.45. The van der Waals surface area contributed by atoms with Gasteiger partial charge in [0.25, 0.3) is 0 Å². The number of H-pyrrole nitrogens is 1. The Labute approximate surface area is 94.4 Å². The Kier molecular flexibility index (Phi) is 1.76. The van der Waals surface area contributed by atoms with Crippen LogP contribution in [0.1, 0.15) is 10.6 Å². The number of halogens is 1. The van der Waals surface area contributed by atoms with Gasteiger partial charge in [-0.05, 0) is 6.07 Å². The van der Waals surface area contributed by atoms with Crippen molar-refractivity contribution in [2.45, 2.75) is 0 Å². The zero-order valence-electron chi connectivity index (χ0n) is 7.95. The second kappa shape index (κ2) is 3.02. The summed E-state index contributed by atoms with van der Waals surface area (Å²) in [7, 11) is 0. The van der Waals surface area contributed by atoms with Crippen LogP contribution >= 0.6 is 11.6 Å². The van der Waals surface area contributed by atoms with Gasteiger partial charge in [-0.2, -0.15) is 0 Å². The lowest BCUT2D eigenvalue weighted by molar-refractivity contribution is 0.0664.